The molecule has 10 heteroatoms. The van der Waals surface area contributed by atoms with Crippen LogP contribution in [0.1, 0.15) is 49.1 Å². The fourth-order valence-corrected chi connectivity index (χ4v) is 4.18. The van der Waals surface area contributed by atoms with E-state index in [2.05, 4.69) is 10.0 Å². The fraction of sp³-hybridized carbons (Fsp3) is 0.120. The van der Waals surface area contributed by atoms with Gasteiger partial charge in [-0.3, -0.25) is 19.1 Å². The summed E-state index contributed by atoms with van der Waals surface area (Å²) in [6.07, 6.45) is -0.226. The molecule has 1 aliphatic carbocycles. The molecule has 0 fully saturated rings. The van der Waals surface area contributed by atoms with Gasteiger partial charge in [-0.25, -0.2) is 13.2 Å². The third-order valence-corrected chi connectivity index (χ3v) is 5.85. The smallest absolute Gasteiger partial charge is 0.338 e. The topological polar surface area (TPSA) is 136 Å². The molecule has 0 radical (unpaired) electrons. The Hall–Kier alpha value is -4.31. The maximum Gasteiger partial charge on any atom is 0.338 e. The quantitative estimate of drug-likeness (QED) is 0.395. The number of hydrogen-bond donors (Lipinski definition) is 2. The number of hydrogen-bond acceptors (Lipinski definition) is 7. The van der Waals surface area contributed by atoms with Crippen LogP contribution in [0.2, 0.25) is 0 Å². The average molecular weight is 493 g/mol. The van der Waals surface area contributed by atoms with Gasteiger partial charge in [0.1, 0.15) is 0 Å². The van der Waals surface area contributed by atoms with Crippen LogP contribution in [-0.2, 0) is 19.6 Å². The highest BCUT2D eigenvalue weighted by Crippen LogP contribution is 2.29. The predicted octanol–water partition coefficient (Wildman–Crippen LogP) is 3.02. The first-order chi connectivity index (χ1) is 16.5. The predicted molar refractivity (Wildman–Crippen MR) is 128 cm³/mol. The highest BCUT2D eigenvalue weighted by molar-refractivity contribution is 7.92. The number of anilines is 2. The summed E-state index contributed by atoms with van der Waals surface area (Å²) in [6, 6.07) is 16.5. The van der Waals surface area contributed by atoms with Crippen LogP contribution in [0.3, 0.4) is 0 Å². The molecule has 1 amide bonds. The van der Waals surface area contributed by atoms with Gasteiger partial charge in [-0.15, -0.1) is 0 Å². The van der Waals surface area contributed by atoms with Crippen LogP contribution in [0.25, 0.3) is 0 Å². The molecule has 0 aliphatic heterocycles. The molecule has 0 bridgehead atoms. The lowest BCUT2D eigenvalue weighted by molar-refractivity contribution is -0.123. The number of rotatable bonds is 6. The van der Waals surface area contributed by atoms with E-state index in [1.807, 2.05) is 0 Å². The Balaban J connectivity index is 1.46. The summed E-state index contributed by atoms with van der Waals surface area (Å²) in [6.45, 7) is 1.37. The minimum Gasteiger partial charge on any atom is -0.449 e. The number of ether oxygens (including phenoxy) is 1. The normalized spacial score (nSPS) is 13.3. The Bertz CT molecular complexity index is 1500. The van der Waals surface area contributed by atoms with Crippen molar-refractivity contribution in [2.75, 3.05) is 16.3 Å². The Morgan fingerprint density at radius 2 is 1.43 bits per heavy atom. The van der Waals surface area contributed by atoms with Crippen LogP contribution in [0.4, 0.5) is 11.4 Å². The second-order valence-electron chi connectivity index (χ2n) is 7.96. The molecule has 3 aromatic carbocycles. The van der Waals surface area contributed by atoms with Crippen LogP contribution in [0, 0.1) is 0 Å². The zero-order valence-corrected chi connectivity index (χ0v) is 19.5. The molecule has 1 aliphatic rings. The number of carbonyl (C=O) groups excluding carboxylic acids is 4. The van der Waals surface area contributed by atoms with Gasteiger partial charge in [0.2, 0.25) is 10.0 Å². The molecule has 9 nitrogen and oxygen atoms in total. The maximum absolute atomic E-state index is 12.9. The van der Waals surface area contributed by atoms with Crippen molar-refractivity contribution < 1.29 is 32.3 Å². The van der Waals surface area contributed by atoms with E-state index in [1.165, 1.54) is 49.4 Å². The van der Waals surface area contributed by atoms with Crippen molar-refractivity contribution in [3.63, 3.8) is 0 Å². The molecule has 0 spiro atoms. The molecule has 1 atom stereocenters. The molecule has 0 unspecified atom stereocenters. The maximum atomic E-state index is 12.9. The third-order valence-electron chi connectivity index (χ3n) is 5.25. The Kier molecular flexibility index (Phi) is 6.23. The standard InChI is InChI=1S/C25H20N2O7S/c1-14(34-25(31)15-6-5-7-17(12-15)27-35(2,32)33)24(30)26-16-10-11-20-21(13-16)23(29)19-9-4-3-8-18(19)22(20)28/h3-14,27H,1-2H3,(H,26,30)/t14-/m0/s1. The molecule has 178 valence electrons. The Morgan fingerprint density at radius 3 is 2.09 bits per heavy atom. The first-order valence-corrected chi connectivity index (χ1v) is 12.3. The molecule has 0 saturated carbocycles. The minimum atomic E-state index is -3.53. The van der Waals surface area contributed by atoms with Crippen molar-refractivity contribution in [3.8, 4) is 0 Å². The van der Waals surface area contributed by atoms with E-state index in [4.69, 9.17) is 4.74 Å². The van der Waals surface area contributed by atoms with Crippen molar-refractivity contribution in [1.82, 2.24) is 0 Å². The van der Waals surface area contributed by atoms with Gasteiger partial charge in [0.05, 0.1) is 11.8 Å². The number of amides is 1. The summed E-state index contributed by atoms with van der Waals surface area (Å²) in [5.74, 6) is -2.08. The van der Waals surface area contributed by atoms with E-state index in [0.717, 1.165) is 6.26 Å². The lowest BCUT2D eigenvalue weighted by atomic mass is 9.84. The van der Waals surface area contributed by atoms with Crippen LogP contribution in [-0.4, -0.2) is 44.2 Å². The number of sulfonamides is 1. The number of fused-ring (bicyclic) bond motifs is 2. The average Bonchev–Trinajstić information content (AvgIpc) is 2.81. The molecule has 3 aromatic rings. The monoisotopic (exact) mass is 492 g/mol. The number of esters is 1. The number of ketones is 2. The number of benzene rings is 3. The van der Waals surface area contributed by atoms with E-state index in [1.54, 1.807) is 24.3 Å². The van der Waals surface area contributed by atoms with Gasteiger partial charge in [-0.1, -0.05) is 30.3 Å². The number of nitrogens with one attached hydrogen (secondary N) is 2. The summed E-state index contributed by atoms with van der Waals surface area (Å²) < 4.78 is 30.2. The first-order valence-electron chi connectivity index (χ1n) is 10.5. The highest BCUT2D eigenvalue weighted by atomic mass is 32.2. The molecule has 0 aromatic heterocycles. The molecular formula is C25H20N2O7S. The third kappa shape index (κ3) is 5.12. The van der Waals surface area contributed by atoms with Crippen LogP contribution < -0.4 is 10.0 Å². The highest BCUT2D eigenvalue weighted by Gasteiger charge is 2.30. The van der Waals surface area contributed by atoms with E-state index >= 15 is 0 Å². The van der Waals surface area contributed by atoms with Crippen molar-refractivity contribution >= 4 is 44.8 Å². The second kappa shape index (κ2) is 9.15. The van der Waals surface area contributed by atoms with Crippen molar-refractivity contribution in [1.29, 1.82) is 0 Å². The second-order valence-corrected chi connectivity index (χ2v) is 9.70. The van der Waals surface area contributed by atoms with E-state index in [0.29, 0.717) is 11.1 Å². The summed E-state index contributed by atoms with van der Waals surface area (Å²) in [7, 11) is -3.53. The Morgan fingerprint density at radius 1 is 0.800 bits per heavy atom. The van der Waals surface area contributed by atoms with Crippen molar-refractivity contribution in [3.05, 3.63) is 94.5 Å². The van der Waals surface area contributed by atoms with Gasteiger partial charge in [0.25, 0.3) is 5.91 Å². The molecular weight excluding hydrogens is 472 g/mol. The summed E-state index contributed by atoms with van der Waals surface area (Å²) in [4.78, 5) is 50.7. The van der Waals surface area contributed by atoms with Crippen LogP contribution >= 0.6 is 0 Å². The fourth-order valence-electron chi connectivity index (χ4n) is 3.63. The lowest BCUT2D eigenvalue weighted by Crippen LogP contribution is -2.30. The molecule has 0 saturated heterocycles. The zero-order valence-electron chi connectivity index (χ0n) is 18.7. The SMILES string of the molecule is C[C@H](OC(=O)c1cccc(NS(C)(=O)=O)c1)C(=O)Nc1ccc2c(c1)C(=O)c1ccccc1C2=O. The van der Waals surface area contributed by atoms with Crippen LogP contribution in [0.15, 0.2) is 66.7 Å². The molecule has 2 N–H and O–H groups in total. The van der Waals surface area contributed by atoms with Crippen LogP contribution in [0.5, 0.6) is 0 Å². The van der Waals surface area contributed by atoms with E-state index in [9.17, 15) is 27.6 Å². The minimum absolute atomic E-state index is 0.0508. The number of carbonyl (C=O) groups is 4. The summed E-state index contributed by atoms with van der Waals surface area (Å²) in [5, 5.41) is 2.58. The van der Waals surface area contributed by atoms with Gasteiger partial charge < -0.3 is 10.1 Å². The first kappa shape index (κ1) is 23.8. The van der Waals surface area contributed by atoms with Crippen molar-refractivity contribution in [2.24, 2.45) is 0 Å². The van der Waals surface area contributed by atoms with E-state index < -0.39 is 28.0 Å². The summed E-state index contributed by atoms with van der Waals surface area (Å²) >= 11 is 0. The van der Waals surface area contributed by atoms with Crippen molar-refractivity contribution in [2.45, 2.75) is 13.0 Å². The molecule has 35 heavy (non-hydrogen) atoms. The van der Waals surface area contributed by atoms with E-state index in [-0.39, 0.29) is 39.6 Å². The van der Waals surface area contributed by atoms with Gasteiger partial charge in [0.15, 0.2) is 17.7 Å². The van der Waals surface area contributed by atoms with Gasteiger partial charge in [-0.2, -0.15) is 0 Å². The largest absolute Gasteiger partial charge is 0.449 e. The molecule has 4 rings (SSSR count). The zero-order chi connectivity index (χ0) is 25.3. The Labute approximate surface area is 201 Å². The summed E-state index contributed by atoms with van der Waals surface area (Å²) in [5.41, 5.74) is 1.53. The van der Waals surface area contributed by atoms with Gasteiger partial charge >= 0.3 is 5.97 Å². The van der Waals surface area contributed by atoms with Gasteiger partial charge in [-0.05, 0) is 43.3 Å². The molecule has 0 heterocycles. The van der Waals surface area contributed by atoms with Gasteiger partial charge in [0, 0.05) is 33.6 Å². The lowest BCUT2D eigenvalue weighted by Gasteiger charge is -2.19.